The Kier molecular flexibility index (Phi) is 6.60. The first-order chi connectivity index (χ1) is 10.6. The summed E-state index contributed by atoms with van der Waals surface area (Å²) in [5.41, 5.74) is 1.24. The van der Waals surface area contributed by atoms with Gasteiger partial charge in [0.1, 0.15) is 16.2 Å². The van der Waals surface area contributed by atoms with Gasteiger partial charge in [0.2, 0.25) is 5.91 Å². The van der Waals surface area contributed by atoms with E-state index in [1.54, 1.807) is 36.5 Å². The van der Waals surface area contributed by atoms with E-state index in [4.69, 9.17) is 4.74 Å². The van der Waals surface area contributed by atoms with Crippen molar-refractivity contribution in [3.63, 3.8) is 0 Å². The maximum absolute atomic E-state index is 11.7. The summed E-state index contributed by atoms with van der Waals surface area (Å²) < 4.78 is 4.95. The Morgan fingerprint density at radius 2 is 2.23 bits per heavy atom. The summed E-state index contributed by atoms with van der Waals surface area (Å²) in [6.45, 7) is 5.54. The van der Waals surface area contributed by atoms with Gasteiger partial charge in [-0.3, -0.25) is 4.79 Å². The zero-order chi connectivity index (χ0) is 15.9. The van der Waals surface area contributed by atoms with E-state index in [9.17, 15) is 4.79 Å². The van der Waals surface area contributed by atoms with Crippen molar-refractivity contribution in [3.8, 4) is 0 Å². The molecule has 0 fully saturated rings. The zero-order valence-electron chi connectivity index (χ0n) is 13.1. The molecule has 0 bridgehead atoms. The van der Waals surface area contributed by atoms with Gasteiger partial charge >= 0.3 is 0 Å². The number of rotatable bonds is 8. The van der Waals surface area contributed by atoms with E-state index < -0.39 is 0 Å². The standard InChI is InChI=1S/C15H21N3O2S2/c1-10-11(2)22-15-13(10)14(17-9-18-15)21-8-5-12(19)16-6-4-7-20-3/h9H,4-8H2,1-3H3,(H,16,19). The smallest absolute Gasteiger partial charge is 0.220 e. The zero-order valence-corrected chi connectivity index (χ0v) is 14.8. The second kappa shape index (κ2) is 8.45. The molecule has 0 saturated carbocycles. The fraction of sp³-hybridized carbons (Fsp3) is 0.533. The van der Waals surface area contributed by atoms with Crippen molar-refractivity contribution in [2.45, 2.75) is 31.7 Å². The van der Waals surface area contributed by atoms with Crippen LogP contribution in [-0.4, -0.2) is 41.9 Å². The molecule has 2 heterocycles. The first-order valence-electron chi connectivity index (χ1n) is 7.22. The van der Waals surface area contributed by atoms with Crippen molar-refractivity contribution in [2.24, 2.45) is 0 Å². The van der Waals surface area contributed by atoms with E-state index in [2.05, 4.69) is 29.1 Å². The highest BCUT2D eigenvalue weighted by Gasteiger charge is 2.12. The number of nitrogens with zero attached hydrogens (tertiary/aromatic N) is 2. The SMILES string of the molecule is COCCCNC(=O)CCSc1ncnc2sc(C)c(C)c12. The molecule has 0 unspecified atom stereocenters. The van der Waals surface area contributed by atoms with Gasteiger partial charge in [0.15, 0.2) is 0 Å². The number of amides is 1. The first kappa shape index (κ1) is 17.2. The first-order valence-corrected chi connectivity index (χ1v) is 9.02. The highest BCUT2D eigenvalue weighted by Crippen LogP contribution is 2.34. The highest BCUT2D eigenvalue weighted by atomic mass is 32.2. The molecule has 5 nitrogen and oxygen atoms in total. The van der Waals surface area contributed by atoms with Crippen LogP contribution in [0.4, 0.5) is 0 Å². The van der Waals surface area contributed by atoms with Gasteiger partial charge in [0.25, 0.3) is 0 Å². The van der Waals surface area contributed by atoms with Crippen molar-refractivity contribution < 1.29 is 9.53 Å². The van der Waals surface area contributed by atoms with Crippen molar-refractivity contribution in [1.82, 2.24) is 15.3 Å². The van der Waals surface area contributed by atoms with E-state index in [-0.39, 0.29) is 5.91 Å². The number of carbonyl (C=O) groups excluding carboxylic acids is 1. The Morgan fingerprint density at radius 3 is 3.00 bits per heavy atom. The lowest BCUT2D eigenvalue weighted by molar-refractivity contribution is -0.120. The van der Waals surface area contributed by atoms with E-state index in [0.29, 0.717) is 19.6 Å². The normalized spacial score (nSPS) is 11.0. The third-order valence-electron chi connectivity index (χ3n) is 3.35. The Labute approximate surface area is 138 Å². The van der Waals surface area contributed by atoms with E-state index >= 15 is 0 Å². The summed E-state index contributed by atoms with van der Waals surface area (Å²) in [6, 6.07) is 0. The molecule has 7 heteroatoms. The second-order valence-corrected chi connectivity index (χ2v) is 7.22. The van der Waals surface area contributed by atoms with Crippen LogP contribution in [-0.2, 0) is 9.53 Å². The highest BCUT2D eigenvalue weighted by molar-refractivity contribution is 7.99. The Hall–Kier alpha value is -1.18. The molecule has 0 aromatic carbocycles. The molecule has 0 aliphatic carbocycles. The van der Waals surface area contributed by atoms with Gasteiger partial charge in [-0.2, -0.15) is 0 Å². The van der Waals surface area contributed by atoms with E-state index in [1.807, 2.05) is 0 Å². The molecule has 1 amide bonds. The summed E-state index contributed by atoms with van der Waals surface area (Å²) in [5, 5.41) is 5.00. The lowest BCUT2D eigenvalue weighted by Crippen LogP contribution is -2.25. The number of methoxy groups -OCH3 is 1. The Balaban J connectivity index is 1.86. The molecule has 0 aliphatic rings. The number of aromatic nitrogens is 2. The largest absolute Gasteiger partial charge is 0.385 e. The Bertz CT molecular complexity index is 643. The van der Waals surface area contributed by atoms with Crippen LogP contribution in [0.1, 0.15) is 23.3 Å². The molecule has 1 N–H and O–H groups in total. The van der Waals surface area contributed by atoms with Gasteiger partial charge in [0, 0.05) is 42.7 Å². The molecular formula is C15H21N3O2S2. The number of aryl methyl sites for hydroxylation is 2. The monoisotopic (exact) mass is 339 g/mol. The molecule has 0 atom stereocenters. The number of nitrogens with one attached hydrogen (secondary N) is 1. The molecule has 0 saturated heterocycles. The molecule has 2 aromatic rings. The number of fused-ring (bicyclic) bond motifs is 1. The van der Waals surface area contributed by atoms with Crippen LogP contribution >= 0.6 is 23.1 Å². The molecule has 0 radical (unpaired) electrons. The minimum Gasteiger partial charge on any atom is -0.385 e. The molecule has 2 aromatic heterocycles. The molecular weight excluding hydrogens is 318 g/mol. The van der Waals surface area contributed by atoms with Crippen LogP contribution in [0.5, 0.6) is 0 Å². The fourth-order valence-corrected chi connectivity index (χ4v) is 4.09. The van der Waals surface area contributed by atoms with Crippen LogP contribution in [0.2, 0.25) is 0 Å². The fourth-order valence-electron chi connectivity index (χ4n) is 2.03. The van der Waals surface area contributed by atoms with Crippen molar-refractivity contribution in [3.05, 3.63) is 16.8 Å². The van der Waals surface area contributed by atoms with E-state index in [0.717, 1.165) is 27.4 Å². The lowest BCUT2D eigenvalue weighted by Gasteiger charge is -2.05. The average molecular weight is 339 g/mol. The van der Waals surface area contributed by atoms with Gasteiger partial charge in [-0.1, -0.05) is 0 Å². The predicted molar refractivity (Wildman–Crippen MR) is 91.7 cm³/mol. The summed E-state index contributed by atoms with van der Waals surface area (Å²) in [4.78, 5) is 22.7. The number of hydrogen-bond donors (Lipinski definition) is 1. The minimum absolute atomic E-state index is 0.0760. The number of thiophene rings is 1. The van der Waals surface area contributed by atoms with Crippen LogP contribution in [0, 0.1) is 13.8 Å². The van der Waals surface area contributed by atoms with Gasteiger partial charge in [0.05, 0.1) is 0 Å². The van der Waals surface area contributed by atoms with Crippen molar-refractivity contribution >= 4 is 39.2 Å². The van der Waals surface area contributed by atoms with Crippen LogP contribution in [0.3, 0.4) is 0 Å². The molecule has 120 valence electrons. The van der Waals surface area contributed by atoms with Gasteiger partial charge < -0.3 is 10.1 Å². The average Bonchev–Trinajstić information content (AvgIpc) is 2.79. The quantitative estimate of drug-likeness (QED) is 0.455. The topological polar surface area (TPSA) is 64.1 Å². The van der Waals surface area contributed by atoms with Crippen LogP contribution in [0.15, 0.2) is 11.4 Å². The number of thioether (sulfide) groups is 1. The summed E-state index contributed by atoms with van der Waals surface area (Å²) in [6.07, 6.45) is 2.94. The molecule has 22 heavy (non-hydrogen) atoms. The summed E-state index contributed by atoms with van der Waals surface area (Å²) >= 11 is 3.31. The van der Waals surface area contributed by atoms with Gasteiger partial charge in [-0.25, -0.2) is 9.97 Å². The van der Waals surface area contributed by atoms with E-state index in [1.165, 1.54) is 10.4 Å². The Morgan fingerprint density at radius 1 is 1.41 bits per heavy atom. The maximum atomic E-state index is 11.7. The minimum atomic E-state index is 0.0760. The van der Waals surface area contributed by atoms with Crippen LogP contribution < -0.4 is 5.32 Å². The number of carbonyl (C=O) groups is 1. The van der Waals surface area contributed by atoms with Crippen molar-refractivity contribution in [1.29, 1.82) is 0 Å². The lowest BCUT2D eigenvalue weighted by atomic mass is 10.2. The third kappa shape index (κ3) is 4.41. The second-order valence-electron chi connectivity index (χ2n) is 4.94. The van der Waals surface area contributed by atoms with Crippen LogP contribution in [0.25, 0.3) is 10.2 Å². The molecule has 0 spiro atoms. The van der Waals surface area contributed by atoms with Gasteiger partial charge in [-0.05, 0) is 25.8 Å². The maximum Gasteiger partial charge on any atom is 0.220 e. The summed E-state index contributed by atoms with van der Waals surface area (Å²) in [5.74, 6) is 0.795. The molecule has 2 rings (SSSR count). The molecule has 0 aliphatic heterocycles. The number of hydrogen-bond acceptors (Lipinski definition) is 6. The van der Waals surface area contributed by atoms with Gasteiger partial charge in [-0.15, -0.1) is 23.1 Å². The number of ether oxygens (including phenoxy) is 1. The predicted octanol–water partition coefficient (Wildman–Crippen LogP) is 2.94. The van der Waals surface area contributed by atoms with Crippen molar-refractivity contribution in [2.75, 3.05) is 26.0 Å². The third-order valence-corrected chi connectivity index (χ3v) is 5.45. The summed E-state index contributed by atoms with van der Waals surface area (Å²) in [7, 11) is 1.66.